The SMILES string of the molecule is CCCCCCCCCCCCN1C=CN(CC)C1.CCO[P+](=O)OCC. The fraction of sp³-hybridized carbons (Fsp3) is 0.905. The molecule has 0 aliphatic carbocycles. The van der Waals surface area contributed by atoms with Crippen LogP contribution in [0.5, 0.6) is 0 Å². The molecule has 0 atom stereocenters. The van der Waals surface area contributed by atoms with E-state index in [4.69, 9.17) is 0 Å². The molecular formula is C21H44N2O3P+. The van der Waals surface area contributed by atoms with E-state index in [1.165, 1.54) is 70.8 Å². The lowest BCUT2D eigenvalue weighted by Gasteiger charge is -2.19. The fourth-order valence-electron chi connectivity index (χ4n) is 2.92. The van der Waals surface area contributed by atoms with E-state index in [1.807, 2.05) is 0 Å². The van der Waals surface area contributed by atoms with E-state index in [9.17, 15) is 4.57 Å². The molecule has 160 valence electrons. The molecular weight excluding hydrogens is 359 g/mol. The van der Waals surface area contributed by atoms with Crippen LogP contribution in [-0.4, -0.2) is 42.8 Å². The molecule has 1 rings (SSSR count). The van der Waals surface area contributed by atoms with Crippen LogP contribution >= 0.6 is 8.25 Å². The number of unbranched alkanes of at least 4 members (excludes halogenated alkanes) is 9. The average Bonchev–Trinajstić information content (AvgIpc) is 3.12. The first kappa shape index (κ1) is 26.4. The lowest BCUT2D eigenvalue weighted by Crippen LogP contribution is -2.25. The minimum Gasteiger partial charge on any atom is -0.359 e. The highest BCUT2D eigenvalue weighted by Crippen LogP contribution is 2.21. The van der Waals surface area contributed by atoms with Crippen molar-refractivity contribution in [2.75, 3.05) is 33.0 Å². The highest BCUT2D eigenvalue weighted by atomic mass is 31.1. The van der Waals surface area contributed by atoms with Gasteiger partial charge in [0.05, 0.1) is 6.67 Å². The number of hydrogen-bond acceptors (Lipinski definition) is 5. The van der Waals surface area contributed by atoms with Crippen LogP contribution in [0.15, 0.2) is 12.4 Å². The molecule has 1 aliphatic rings. The zero-order chi connectivity index (χ0) is 20.2. The van der Waals surface area contributed by atoms with E-state index in [1.54, 1.807) is 13.8 Å². The maximum atomic E-state index is 10.3. The van der Waals surface area contributed by atoms with E-state index in [-0.39, 0.29) is 0 Å². The molecule has 6 heteroatoms. The summed E-state index contributed by atoms with van der Waals surface area (Å²) in [5, 5.41) is 0. The van der Waals surface area contributed by atoms with Gasteiger partial charge >= 0.3 is 8.25 Å². The van der Waals surface area contributed by atoms with Gasteiger partial charge in [0.25, 0.3) is 0 Å². The number of hydrogen-bond donors (Lipinski definition) is 0. The van der Waals surface area contributed by atoms with Gasteiger partial charge in [-0.3, -0.25) is 0 Å². The number of nitrogens with zero attached hydrogens (tertiary/aromatic N) is 2. The fourth-order valence-corrected chi connectivity index (χ4v) is 3.41. The Labute approximate surface area is 169 Å². The molecule has 0 unspecified atom stereocenters. The van der Waals surface area contributed by atoms with Crippen LogP contribution in [0.1, 0.15) is 91.9 Å². The lowest BCUT2D eigenvalue weighted by atomic mass is 10.1. The van der Waals surface area contributed by atoms with Crippen molar-refractivity contribution in [3.63, 3.8) is 0 Å². The molecule has 0 saturated carbocycles. The average molecular weight is 404 g/mol. The van der Waals surface area contributed by atoms with E-state index in [0.717, 1.165) is 13.2 Å². The standard InChI is InChI=1S/C17H34N2.C4H10O3P/c1-3-5-6-7-8-9-10-11-12-13-14-19-16-15-18(4-2)17-19;1-3-6-8(5)7-4-2/h15-16H,3-14,17H2,1-2H3;3-4H2,1-2H3/q;+1. The molecule has 0 bridgehead atoms. The van der Waals surface area contributed by atoms with E-state index >= 15 is 0 Å². The summed E-state index contributed by atoms with van der Waals surface area (Å²) < 4.78 is 19.5. The third-order valence-corrected chi connectivity index (χ3v) is 5.46. The Morgan fingerprint density at radius 3 is 1.67 bits per heavy atom. The summed E-state index contributed by atoms with van der Waals surface area (Å²) in [6, 6.07) is 0. The molecule has 0 radical (unpaired) electrons. The van der Waals surface area contributed by atoms with Crippen molar-refractivity contribution in [3.8, 4) is 0 Å². The summed E-state index contributed by atoms with van der Waals surface area (Å²) in [5.74, 6) is 0. The molecule has 1 aliphatic heterocycles. The van der Waals surface area contributed by atoms with Gasteiger partial charge in [0.2, 0.25) is 0 Å². The lowest BCUT2D eigenvalue weighted by molar-refractivity contribution is 0.243. The highest BCUT2D eigenvalue weighted by molar-refractivity contribution is 7.33. The summed E-state index contributed by atoms with van der Waals surface area (Å²) in [5.41, 5.74) is 0. The zero-order valence-electron chi connectivity index (χ0n) is 18.3. The van der Waals surface area contributed by atoms with E-state index in [0.29, 0.717) is 13.2 Å². The van der Waals surface area contributed by atoms with E-state index in [2.05, 4.69) is 45.1 Å². The topological polar surface area (TPSA) is 42.0 Å². The third kappa shape index (κ3) is 17.2. The maximum absolute atomic E-state index is 10.3. The van der Waals surface area contributed by atoms with Crippen molar-refractivity contribution in [2.45, 2.75) is 91.9 Å². The second kappa shape index (κ2) is 20.1. The summed E-state index contributed by atoms with van der Waals surface area (Å²) in [7, 11) is -1.83. The summed E-state index contributed by atoms with van der Waals surface area (Å²) in [6.07, 6.45) is 18.7. The quantitative estimate of drug-likeness (QED) is 0.212. The van der Waals surface area contributed by atoms with Gasteiger partial charge < -0.3 is 9.80 Å². The van der Waals surface area contributed by atoms with Gasteiger partial charge in [-0.2, -0.15) is 0 Å². The van der Waals surface area contributed by atoms with Crippen LogP contribution < -0.4 is 0 Å². The Bertz CT molecular complexity index is 359. The first-order valence-corrected chi connectivity index (χ1v) is 12.2. The summed E-state index contributed by atoms with van der Waals surface area (Å²) in [6.45, 7) is 12.4. The monoisotopic (exact) mass is 403 g/mol. The second-order valence-corrected chi connectivity index (χ2v) is 7.86. The molecule has 1 heterocycles. The first-order valence-electron chi connectivity index (χ1n) is 11.1. The Balaban J connectivity index is 0.000000713. The Kier molecular flexibility index (Phi) is 19.6. The third-order valence-electron chi connectivity index (χ3n) is 4.53. The van der Waals surface area contributed by atoms with E-state index < -0.39 is 8.25 Å². The largest absolute Gasteiger partial charge is 0.697 e. The first-order chi connectivity index (χ1) is 13.2. The maximum Gasteiger partial charge on any atom is 0.697 e. The minimum absolute atomic E-state index is 0.440. The predicted octanol–water partition coefficient (Wildman–Crippen LogP) is 6.69. The molecule has 0 saturated heterocycles. The molecule has 0 spiro atoms. The molecule has 27 heavy (non-hydrogen) atoms. The van der Waals surface area contributed by atoms with Crippen molar-refractivity contribution in [3.05, 3.63) is 12.4 Å². The molecule has 5 nitrogen and oxygen atoms in total. The van der Waals surface area contributed by atoms with Gasteiger partial charge in [0.15, 0.2) is 0 Å². The highest BCUT2D eigenvalue weighted by Gasteiger charge is 2.15. The normalized spacial score (nSPS) is 13.0. The van der Waals surface area contributed by atoms with Gasteiger partial charge in [0, 0.05) is 30.1 Å². The second-order valence-electron chi connectivity index (χ2n) is 6.90. The van der Waals surface area contributed by atoms with Crippen LogP contribution in [0.4, 0.5) is 0 Å². The van der Waals surface area contributed by atoms with Crippen LogP contribution in [0.3, 0.4) is 0 Å². The molecule has 0 amide bonds. The van der Waals surface area contributed by atoms with Gasteiger partial charge in [-0.15, -0.1) is 9.05 Å². The predicted molar refractivity (Wildman–Crippen MR) is 116 cm³/mol. The van der Waals surface area contributed by atoms with Gasteiger partial charge in [-0.1, -0.05) is 64.7 Å². The van der Waals surface area contributed by atoms with Crippen molar-refractivity contribution in [1.82, 2.24) is 9.80 Å². The van der Waals surface area contributed by atoms with Crippen molar-refractivity contribution in [1.29, 1.82) is 0 Å². The Morgan fingerprint density at radius 1 is 0.741 bits per heavy atom. The van der Waals surface area contributed by atoms with Crippen molar-refractivity contribution >= 4 is 8.25 Å². The molecule has 0 N–H and O–H groups in total. The smallest absolute Gasteiger partial charge is 0.359 e. The van der Waals surface area contributed by atoms with Gasteiger partial charge in [-0.05, 0) is 27.2 Å². The number of rotatable bonds is 16. The van der Waals surface area contributed by atoms with Gasteiger partial charge in [-0.25, -0.2) is 0 Å². The molecule has 0 aromatic heterocycles. The van der Waals surface area contributed by atoms with Crippen LogP contribution in [-0.2, 0) is 13.6 Å². The zero-order valence-corrected chi connectivity index (χ0v) is 19.2. The summed E-state index contributed by atoms with van der Waals surface area (Å²) in [4.78, 5) is 4.80. The Morgan fingerprint density at radius 2 is 1.22 bits per heavy atom. The van der Waals surface area contributed by atoms with Crippen LogP contribution in [0, 0.1) is 0 Å². The van der Waals surface area contributed by atoms with Crippen molar-refractivity contribution < 1.29 is 13.6 Å². The summed E-state index contributed by atoms with van der Waals surface area (Å²) >= 11 is 0. The molecule has 0 aromatic rings. The molecule has 0 fully saturated rings. The van der Waals surface area contributed by atoms with Crippen LogP contribution in [0.25, 0.3) is 0 Å². The Hall–Kier alpha value is -0.640. The minimum atomic E-state index is -1.83. The van der Waals surface area contributed by atoms with Crippen LogP contribution in [0.2, 0.25) is 0 Å². The molecule has 0 aromatic carbocycles. The van der Waals surface area contributed by atoms with Gasteiger partial charge in [0.1, 0.15) is 13.2 Å². The van der Waals surface area contributed by atoms with Crippen molar-refractivity contribution in [2.24, 2.45) is 0 Å².